The number of carbonyl (C=O) groups is 1. The van der Waals surface area contributed by atoms with E-state index in [1.165, 1.54) is 0 Å². The Bertz CT molecular complexity index is 848. The Morgan fingerprint density at radius 1 is 0.821 bits per heavy atom. The van der Waals surface area contributed by atoms with Crippen LogP contribution in [0.4, 0.5) is 0 Å². The van der Waals surface area contributed by atoms with Gasteiger partial charge in [0.05, 0.1) is 7.11 Å². The molecule has 0 aliphatic rings. The molecule has 4 heteroatoms. The van der Waals surface area contributed by atoms with Crippen LogP contribution in [0.3, 0.4) is 0 Å². The molecule has 1 N–H and O–H groups in total. The molecule has 0 aromatic heterocycles. The van der Waals surface area contributed by atoms with E-state index in [1.807, 2.05) is 84.9 Å². The van der Waals surface area contributed by atoms with Crippen molar-refractivity contribution in [2.24, 2.45) is 0 Å². The average Bonchev–Trinajstić information content (AvgIpc) is 2.76. The molecule has 28 heavy (non-hydrogen) atoms. The number of ether oxygens (including phenoxy) is 2. The van der Waals surface area contributed by atoms with E-state index in [0.717, 1.165) is 22.4 Å². The van der Waals surface area contributed by atoms with Gasteiger partial charge in [0.15, 0.2) is 0 Å². The van der Waals surface area contributed by atoms with Crippen LogP contribution in [0.25, 0.3) is 0 Å². The van der Waals surface area contributed by atoms with Crippen molar-refractivity contribution in [2.45, 2.75) is 25.6 Å². The smallest absolute Gasteiger partial charge is 0.323 e. The van der Waals surface area contributed by atoms with Crippen LogP contribution in [-0.2, 0) is 29.1 Å². The molecule has 0 heterocycles. The molecule has 0 amide bonds. The van der Waals surface area contributed by atoms with E-state index < -0.39 is 6.04 Å². The lowest BCUT2D eigenvalue weighted by Crippen LogP contribution is -2.39. The Labute approximate surface area is 166 Å². The summed E-state index contributed by atoms with van der Waals surface area (Å²) in [5.41, 5.74) is 3.14. The number of esters is 1. The van der Waals surface area contributed by atoms with Crippen molar-refractivity contribution in [3.63, 3.8) is 0 Å². The van der Waals surface area contributed by atoms with E-state index in [4.69, 9.17) is 9.47 Å². The number of benzene rings is 3. The van der Waals surface area contributed by atoms with Crippen molar-refractivity contribution in [2.75, 3.05) is 7.11 Å². The van der Waals surface area contributed by atoms with E-state index in [1.54, 1.807) is 7.11 Å². The maximum atomic E-state index is 12.7. The van der Waals surface area contributed by atoms with E-state index in [2.05, 4.69) is 5.32 Å². The van der Waals surface area contributed by atoms with Crippen LogP contribution in [0, 0.1) is 0 Å². The van der Waals surface area contributed by atoms with E-state index in [-0.39, 0.29) is 12.6 Å². The first-order valence-corrected chi connectivity index (χ1v) is 9.35. The third-order valence-corrected chi connectivity index (χ3v) is 4.50. The minimum atomic E-state index is -0.423. The Balaban J connectivity index is 1.64. The number of methoxy groups -OCH3 is 1. The zero-order valence-electron chi connectivity index (χ0n) is 16.0. The molecule has 3 aromatic rings. The Morgan fingerprint density at radius 2 is 1.43 bits per heavy atom. The first-order valence-electron chi connectivity index (χ1n) is 9.35. The van der Waals surface area contributed by atoms with Gasteiger partial charge in [-0.25, -0.2) is 0 Å². The van der Waals surface area contributed by atoms with E-state index in [0.29, 0.717) is 13.0 Å². The quantitative estimate of drug-likeness (QED) is 0.571. The van der Waals surface area contributed by atoms with Gasteiger partial charge in [0.1, 0.15) is 18.4 Å². The molecule has 0 aliphatic carbocycles. The molecule has 0 aliphatic heterocycles. The summed E-state index contributed by atoms with van der Waals surface area (Å²) >= 11 is 0. The van der Waals surface area contributed by atoms with Crippen molar-refractivity contribution in [3.05, 3.63) is 102 Å². The second-order valence-electron chi connectivity index (χ2n) is 6.56. The van der Waals surface area contributed by atoms with Gasteiger partial charge >= 0.3 is 5.97 Å². The van der Waals surface area contributed by atoms with Crippen LogP contribution in [0.5, 0.6) is 5.75 Å². The highest BCUT2D eigenvalue weighted by Gasteiger charge is 2.20. The number of hydrogen-bond donors (Lipinski definition) is 1. The number of hydrogen-bond acceptors (Lipinski definition) is 4. The van der Waals surface area contributed by atoms with Gasteiger partial charge in [-0.15, -0.1) is 0 Å². The summed E-state index contributed by atoms with van der Waals surface area (Å²) < 4.78 is 10.8. The SMILES string of the molecule is COc1ccc(CN[C@@H](Cc2ccccc2)C(=O)OCc2ccccc2)cc1. The summed E-state index contributed by atoms with van der Waals surface area (Å²) in [4.78, 5) is 12.7. The van der Waals surface area contributed by atoms with Gasteiger partial charge in [0, 0.05) is 6.54 Å². The minimum Gasteiger partial charge on any atom is -0.497 e. The second-order valence-corrected chi connectivity index (χ2v) is 6.56. The molecule has 1 atom stereocenters. The zero-order valence-corrected chi connectivity index (χ0v) is 16.0. The van der Waals surface area contributed by atoms with Gasteiger partial charge in [0.25, 0.3) is 0 Å². The third kappa shape index (κ3) is 5.96. The molecule has 144 valence electrons. The number of rotatable bonds is 9. The molecule has 0 saturated heterocycles. The van der Waals surface area contributed by atoms with Crippen LogP contribution < -0.4 is 10.1 Å². The van der Waals surface area contributed by atoms with Crippen LogP contribution in [0.1, 0.15) is 16.7 Å². The molecule has 0 unspecified atom stereocenters. The summed E-state index contributed by atoms with van der Waals surface area (Å²) in [6, 6.07) is 27.1. The van der Waals surface area contributed by atoms with Crippen molar-refractivity contribution in [3.8, 4) is 5.75 Å². The molecule has 0 saturated carbocycles. The topological polar surface area (TPSA) is 47.6 Å². The van der Waals surface area contributed by atoms with Crippen molar-refractivity contribution in [1.29, 1.82) is 0 Å². The van der Waals surface area contributed by atoms with E-state index >= 15 is 0 Å². The molecule has 0 bridgehead atoms. The Morgan fingerprint density at radius 3 is 2.04 bits per heavy atom. The van der Waals surface area contributed by atoms with Gasteiger partial charge in [-0.05, 0) is 35.2 Å². The number of carbonyl (C=O) groups excluding carboxylic acids is 1. The monoisotopic (exact) mass is 375 g/mol. The molecule has 4 nitrogen and oxygen atoms in total. The average molecular weight is 375 g/mol. The predicted molar refractivity (Wildman–Crippen MR) is 110 cm³/mol. The minimum absolute atomic E-state index is 0.249. The lowest BCUT2D eigenvalue weighted by atomic mass is 10.1. The van der Waals surface area contributed by atoms with Crippen LogP contribution in [-0.4, -0.2) is 19.1 Å². The molecule has 0 radical (unpaired) electrons. The fourth-order valence-electron chi connectivity index (χ4n) is 2.90. The van der Waals surface area contributed by atoms with E-state index in [9.17, 15) is 4.79 Å². The summed E-state index contributed by atoms with van der Waals surface area (Å²) in [7, 11) is 1.64. The van der Waals surface area contributed by atoms with Crippen molar-refractivity contribution in [1.82, 2.24) is 5.32 Å². The Hall–Kier alpha value is -3.11. The predicted octanol–water partition coefficient (Wildman–Crippen LogP) is 4.14. The summed E-state index contributed by atoms with van der Waals surface area (Å²) in [5, 5.41) is 3.34. The molecular weight excluding hydrogens is 350 g/mol. The zero-order chi connectivity index (χ0) is 19.6. The van der Waals surface area contributed by atoms with Gasteiger partial charge in [-0.3, -0.25) is 4.79 Å². The molecule has 0 fully saturated rings. The van der Waals surface area contributed by atoms with Gasteiger partial charge in [-0.1, -0.05) is 72.8 Å². The molecule has 3 aromatic carbocycles. The standard InChI is InChI=1S/C24H25NO3/c1-27-22-14-12-20(13-15-22)17-25-23(16-19-8-4-2-5-9-19)24(26)28-18-21-10-6-3-7-11-21/h2-15,23,25H,16-18H2,1H3/t23-/m0/s1. The lowest BCUT2D eigenvalue weighted by Gasteiger charge is -2.18. The van der Waals surface area contributed by atoms with Crippen LogP contribution in [0.2, 0.25) is 0 Å². The second kappa shape index (κ2) is 10.3. The molecular formula is C24H25NO3. The maximum Gasteiger partial charge on any atom is 0.323 e. The maximum absolute atomic E-state index is 12.7. The summed E-state index contributed by atoms with van der Waals surface area (Å²) in [5.74, 6) is 0.563. The van der Waals surface area contributed by atoms with Crippen molar-refractivity contribution >= 4 is 5.97 Å². The first-order chi connectivity index (χ1) is 13.7. The molecule has 3 rings (SSSR count). The van der Waals surface area contributed by atoms with Gasteiger partial charge in [-0.2, -0.15) is 0 Å². The highest BCUT2D eigenvalue weighted by Crippen LogP contribution is 2.12. The highest BCUT2D eigenvalue weighted by molar-refractivity contribution is 5.76. The van der Waals surface area contributed by atoms with Gasteiger partial charge in [0.2, 0.25) is 0 Å². The van der Waals surface area contributed by atoms with Gasteiger partial charge < -0.3 is 14.8 Å². The summed E-state index contributed by atoms with van der Waals surface area (Å²) in [6.07, 6.45) is 0.574. The van der Waals surface area contributed by atoms with Crippen LogP contribution in [0.15, 0.2) is 84.9 Å². The number of nitrogens with one attached hydrogen (secondary N) is 1. The molecule has 0 spiro atoms. The third-order valence-electron chi connectivity index (χ3n) is 4.50. The first kappa shape index (κ1) is 19.6. The van der Waals surface area contributed by atoms with Crippen molar-refractivity contribution < 1.29 is 14.3 Å². The largest absolute Gasteiger partial charge is 0.497 e. The normalized spacial score (nSPS) is 11.6. The van der Waals surface area contributed by atoms with Crippen LogP contribution >= 0.6 is 0 Å². The summed E-state index contributed by atoms with van der Waals surface area (Å²) in [6.45, 7) is 0.844. The highest BCUT2D eigenvalue weighted by atomic mass is 16.5. The Kier molecular flexibility index (Phi) is 7.21. The fraction of sp³-hybridized carbons (Fsp3) is 0.208. The lowest BCUT2D eigenvalue weighted by molar-refractivity contribution is -0.147. The fourth-order valence-corrected chi connectivity index (χ4v) is 2.90.